The first-order valence-corrected chi connectivity index (χ1v) is 9.64. The Morgan fingerprint density at radius 3 is 1.89 bits per heavy atom. The molecule has 1 aliphatic heterocycles. The lowest BCUT2D eigenvalue weighted by atomic mass is 10.0. The summed E-state index contributed by atoms with van der Waals surface area (Å²) in [6, 6.07) is 14.0. The molecule has 0 radical (unpaired) electrons. The van der Waals surface area contributed by atoms with Crippen molar-refractivity contribution in [2.24, 2.45) is 5.92 Å². The molecule has 146 valence electrons. The standard InChI is InChI=1S/C23H26N2O3/c1-5-16-10-12-17(13-11-16)14-24(4)23(28)20(15(2)3)25-21(26)18-8-6-7-9-19(18)22(25)27/h6-13,15,20H,5,14H2,1-4H3. The van der Waals surface area contributed by atoms with E-state index in [0.717, 1.165) is 16.9 Å². The second kappa shape index (κ2) is 7.97. The van der Waals surface area contributed by atoms with E-state index in [1.54, 1.807) is 36.2 Å². The van der Waals surface area contributed by atoms with Crippen LogP contribution in [0.15, 0.2) is 48.5 Å². The van der Waals surface area contributed by atoms with Gasteiger partial charge in [-0.15, -0.1) is 0 Å². The summed E-state index contributed by atoms with van der Waals surface area (Å²) in [5, 5.41) is 0. The molecular formula is C23H26N2O3. The Hall–Kier alpha value is -2.95. The zero-order valence-corrected chi connectivity index (χ0v) is 16.8. The largest absolute Gasteiger partial charge is 0.340 e. The van der Waals surface area contributed by atoms with Gasteiger partial charge in [-0.05, 0) is 35.6 Å². The van der Waals surface area contributed by atoms with E-state index in [2.05, 4.69) is 19.1 Å². The number of rotatable bonds is 6. The van der Waals surface area contributed by atoms with Gasteiger partial charge in [0.1, 0.15) is 6.04 Å². The molecule has 0 bridgehead atoms. The summed E-state index contributed by atoms with van der Waals surface area (Å²) in [5.74, 6) is -1.22. The normalized spacial score (nSPS) is 14.4. The van der Waals surface area contributed by atoms with Crippen molar-refractivity contribution in [1.82, 2.24) is 9.80 Å². The van der Waals surface area contributed by atoms with E-state index >= 15 is 0 Å². The van der Waals surface area contributed by atoms with Crippen LogP contribution in [0.25, 0.3) is 0 Å². The molecule has 5 nitrogen and oxygen atoms in total. The molecule has 5 heteroatoms. The van der Waals surface area contributed by atoms with Gasteiger partial charge in [0.15, 0.2) is 0 Å². The fraction of sp³-hybridized carbons (Fsp3) is 0.348. The van der Waals surface area contributed by atoms with E-state index in [1.165, 1.54) is 5.56 Å². The summed E-state index contributed by atoms with van der Waals surface area (Å²) in [7, 11) is 1.71. The highest BCUT2D eigenvalue weighted by atomic mass is 16.2. The van der Waals surface area contributed by atoms with Gasteiger partial charge >= 0.3 is 0 Å². The van der Waals surface area contributed by atoms with E-state index < -0.39 is 17.9 Å². The molecule has 3 rings (SSSR count). The number of fused-ring (bicyclic) bond motifs is 1. The van der Waals surface area contributed by atoms with Crippen molar-refractivity contribution in [3.63, 3.8) is 0 Å². The van der Waals surface area contributed by atoms with Crippen LogP contribution in [0.5, 0.6) is 0 Å². The average Bonchev–Trinajstić information content (AvgIpc) is 2.94. The monoisotopic (exact) mass is 378 g/mol. The quantitative estimate of drug-likeness (QED) is 0.723. The minimum absolute atomic E-state index is 0.195. The lowest BCUT2D eigenvalue weighted by Crippen LogP contribution is -2.52. The second-order valence-corrected chi connectivity index (χ2v) is 7.58. The Labute approximate surface area is 166 Å². The van der Waals surface area contributed by atoms with Crippen molar-refractivity contribution in [2.45, 2.75) is 39.8 Å². The molecule has 1 atom stereocenters. The molecule has 0 N–H and O–H groups in total. The molecule has 0 fully saturated rings. The van der Waals surface area contributed by atoms with Crippen molar-refractivity contribution in [3.05, 3.63) is 70.8 Å². The first kappa shape index (κ1) is 19.8. The molecule has 1 heterocycles. The van der Waals surface area contributed by atoms with Crippen LogP contribution in [0.4, 0.5) is 0 Å². The minimum Gasteiger partial charge on any atom is -0.340 e. The SMILES string of the molecule is CCc1ccc(CN(C)C(=O)C(C(C)C)N2C(=O)c3ccccc3C2=O)cc1. The molecular weight excluding hydrogens is 352 g/mol. The summed E-state index contributed by atoms with van der Waals surface area (Å²) < 4.78 is 0. The van der Waals surface area contributed by atoms with E-state index in [9.17, 15) is 14.4 Å². The van der Waals surface area contributed by atoms with Crippen LogP contribution in [0.3, 0.4) is 0 Å². The van der Waals surface area contributed by atoms with Crippen LogP contribution in [-0.4, -0.2) is 40.6 Å². The molecule has 1 aliphatic rings. The van der Waals surface area contributed by atoms with E-state index in [0.29, 0.717) is 17.7 Å². The number of amides is 3. The minimum atomic E-state index is -0.827. The maximum absolute atomic E-state index is 13.2. The number of imide groups is 1. The zero-order valence-electron chi connectivity index (χ0n) is 16.8. The number of likely N-dealkylation sites (N-methyl/N-ethyl adjacent to an activating group) is 1. The van der Waals surface area contributed by atoms with Crippen LogP contribution >= 0.6 is 0 Å². The Balaban J connectivity index is 1.83. The molecule has 2 aromatic rings. The summed E-state index contributed by atoms with van der Waals surface area (Å²) >= 11 is 0. The zero-order chi connectivity index (χ0) is 20.4. The van der Waals surface area contributed by atoms with Gasteiger partial charge in [-0.1, -0.05) is 57.2 Å². The number of carbonyl (C=O) groups excluding carboxylic acids is 3. The number of benzene rings is 2. The number of aryl methyl sites for hydroxylation is 1. The van der Waals surface area contributed by atoms with Gasteiger partial charge in [0.25, 0.3) is 11.8 Å². The van der Waals surface area contributed by atoms with Crippen LogP contribution in [0.2, 0.25) is 0 Å². The lowest BCUT2D eigenvalue weighted by molar-refractivity contribution is -0.136. The van der Waals surface area contributed by atoms with Crippen LogP contribution < -0.4 is 0 Å². The third-order valence-electron chi connectivity index (χ3n) is 5.22. The third kappa shape index (κ3) is 3.57. The maximum atomic E-state index is 13.2. The van der Waals surface area contributed by atoms with E-state index in [1.807, 2.05) is 26.0 Å². The predicted octanol–water partition coefficient (Wildman–Crippen LogP) is 3.53. The highest BCUT2D eigenvalue weighted by Crippen LogP contribution is 2.28. The molecule has 28 heavy (non-hydrogen) atoms. The van der Waals surface area contributed by atoms with Crippen molar-refractivity contribution in [1.29, 1.82) is 0 Å². The Bertz CT molecular complexity index is 867. The van der Waals surface area contributed by atoms with Crippen molar-refractivity contribution < 1.29 is 14.4 Å². The summed E-state index contributed by atoms with van der Waals surface area (Å²) in [6.07, 6.45) is 0.963. The molecule has 0 spiro atoms. The number of nitrogens with zero attached hydrogens (tertiary/aromatic N) is 2. The fourth-order valence-corrected chi connectivity index (χ4v) is 3.61. The first-order chi connectivity index (χ1) is 13.3. The first-order valence-electron chi connectivity index (χ1n) is 9.64. The van der Waals surface area contributed by atoms with Gasteiger partial charge in [-0.3, -0.25) is 19.3 Å². The number of hydrogen-bond acceptors (Lipinski definition) is 3. The second-order valence-electron chi connectivity index (χ2n) is 7.58. The topological polar surface area (TPSA) is 57.7 Å². The Morgan fingerprint density at radius 1 is 0.929 bits per heavy atom. The van der Waals surface area contributed by atoms with E-state index in [4.69, 9.17) is 0 Å². The summed E-state index contributed by atoms with van der Waals surface area (Å²) in [4.78, 5) is 41.6. The Morgan fingerprint density at radius 2 is 1.43 bits per heavy atom. The average molecular weight is 378 g/mol. The van der Waals surface area contributed by atoms with Crippen molar-refractivity contribution in [3.8, 4) is 0 Å². The third-order valence-corrected chi connectivity index (χ3v) is 5.22. The number of hydrogen-bond donors (Lipinski definition) is 0. The molecule has 1 unspecified atom stereocenters. The lowest BCUT2D eigenvalue weighted by Gasteiger charge is -2.32. The molecule has 0 saturated carbocycles. The number of carbonyl (C=O) groups is 3. The van der Waals surface area contributed by atoms with Gasteiger partial charge in [0.05, 0.1) is 11.1 Å². The summed E-state index contributed by atoms with van der Waals surface area (Å²) in [6.45, 7) is 6.24. The molecule has 0 saturated heterocycles. The molecule has 0 aromatic heterocycles. The molecule has 2 aromatic carbocycles. The Kier molecular flexibility index (Phi) is 5.63. The fourth-order valence-electron chi connectivity index (χ4n) is 3.61. The van der Waals surface area contributed by atoms with Gasteiger partial charge in [-0.2, -0.15) is 0 Å². The highest BCUT2D eigenvalue weighted by Gasteiger charge is 2.44. The van der Waals surface area contributed by atoms with Crippen LogP contribution in [0.1, 0.15) is 52.6 Å². The summed E-state index contributed by atoms with van der Waals surface area (Å²) in [5.41, 5.74) is 2.98. The van der Waals surface area contributed by atoms with Crippen LogP contribution in [0, 0.1) is 5.92 Å². The van der Waals surface area contributed by atoms with Gasteiger partial charge in [-0.25, -0.2) is 0 Å². The van der Waals surface area contributed by atoms with Gasteiger partial charge in [0.2, 0.25) is 5.91 Å². The van der Waals surface area contributed by atoms with Crippen molar-refractivity contribution in [2.75, 3.05) is 7.05 Å². The maximum Gasteiger partial charge on any atom is 0.262 e. The van der Waals surface area contributed by atoms with Gasteiger partial charge < -0.3 is 4.90 Å². The molecule has 3 amide bonds. The van der Waals surface area contributed by atoms with Gasteiger partial charge in [0, 0.05) is 13.6 Å². The predicted molar refractivity (Wildman–Crippen MR) is 108 cm³/mol. The smallest absolute Gasteiger partial charge is 0.262 e. The van der Waals surface area contributed by atoms with Crippen LogP contribution in [-0.2, 0) is 17.8 Å². The molecule has 0 aliphatic carbocycles. The van der Waals surface area contributed by atoms with E-state index in [-0.39, 0.29) is 11.8 Å². The van der Waals surface area contributed by atoms with Crippen molar-refractivity contribution >= 4 is 17.7 Å². The highest BCUT2D eigenvalue weighted by molar-refractivity contribution is 6.22.